The predicted molar refractivity (Wildman–Crippen MR) is 69.0 cm³/mol. The smallest absolute Gasteiger partial charge is 0.262 e. The number of furan rings is 2. The lowest BCUT2D eigenvalue weighted by molar-refractivity contribution is -0.117. The molecule has 0 spiro atoms. The van der Waals surface area contributed by atoms with E-state index in [-0.39, 0.29) is 12.1 Å². The van der Waals surface area contributed by atoms with Gasteiger partial charge in [-0.15, -0.1) is 0 Å². The standard InChI is InChI=1S/C14H12N2O4/c15-8-10(7-11-3-1-5-19-11)14(18)16-9-12(17)13-4-2-6-20-13/h1-7,12,17H,9H2,(H,16,18)/b10-7+. The predicted octanol–water partition coefficient (Wildman–Crippen LogP) is 1.63. The molecule has 20 heavy (non-hydrogen) atoms. The van der Waals surface area contributed by atoms with Gasteiger partial charge in [-0.3, -0.25) is 4.79 Å². The van der Waals surface area contributed by atoms with Crippen molar-refractivity contribution in [3.05, 3.63) is 53.9 Å². The van der Waals surface area contributed by atoms with Gasteiger partial charge in [-0.25, -0.2) is 0 Å². The van der Waals surface area contributed by atoms with Crippen LogP contribution in [-0.2, 0) is 4.79 Å². The van der Waals surface area contributed by atoms with Crippen molar-refractivity contribution in [2.24, 2.45) is 0 Å². The third-order valence-corrected chi connectivity index (χ3v) is 2.52. The Labute approximate surface area is 114 Å². The fraction of sp³-hybridized carbons (Fsp3) is 0.143. The molecule has 0 aliphatic carbocycles. The lowest BCUT2D eigenvalue weighted by atomic mass is 10.2. The van der Waals surface area contributed by atoms with Crippen molar-refractivity contribution in [1.29, 1.82) is 5.26 Å². The SMILES string of the molecule is N#C/C(=C\c1ccco1)C(=O)NCC(O)c1ccco1. The highest BCUT2D eigenvalue weighted by Crippen LogP contribution is 2.12. The number of amides is 1. The molecule has 0 fully saturated rings. The zero-order valence-electron chi connectivity index (χ0n) is 10.4. The van der Waals surface area contributed by atoms with Gasteiger partial charge in [0.2, 0.25) is 0 Å². The lowest BCUT2D eigenvalue weighted by Crippen LogP contribution is -2.29. The number of carbonyl (C=O) groups excluding carboxylic acids is 1. The first-order valence-electron chi connectivity index (χ1n) is 5.85. The maximum atomic E-state index is 11.8. The minimum Gasteiger partial charge on any atom is -0.467 e. The molecular formula is C14H12N2O4. The van der Waals surface area contributed by atoms with Crippen LogP contribution in [0.4, 0.5) is 0 Å². The van der Waals surface area contributed by atoms with Crippen LogP contribution < -0.4 is 5.32 Å². The van der Waals surface area contributed by atoms with Crippen LogP contribution in [0.25, 0.3) is 6.08 Å². The Hall–Kier alpha value is -2.78. The molecule has 2 aromatic heterocycles. The largest absolute Gasteiger partial charge is 0.467 e. The van der Waals surface area contributed by atoms with Gasteiger partial charge in [0.25, 0.3) is 5.91 Å². The molecule has 1 amide bonds. The summed E-state index contributed by atoms with van der Waals surface area (Å²) in [6, 6.07) is 8.30. The van der Waals surface area contributed by atoms with Gasteiger partial charge in [0.15, 0.2) is 0 Å². The number of hydrogen-bond donors (Lipinski definition) is 2. The number of nitriles is 1. The van der Waals surface area contributed by atoms with Crippen LogP contribution in [0.1, 0.15) is 17.6 Å². The molecule has 0 saturated heterocycles. The number of nitrogens with one attached hydrogen (secondary N) is 1. The molecule has 0 bridgehead atoms. The molecule has 0 saturated carbocycles. The van der Waals surface area contributed by atoms with E-state index in [1.54, 1.807) is 30.3 Å². The van der Waals surface area contributed by atoms with Crippen LogP contribution in [0.15, 0.2) is 51.2 Å². The summed E-state index contributed by atoms with van der Waals surface area (Å²) in [6.07, 6.45) is 3.24. The molecule has 1 atom stereocenters. The van der Waals surface area contributed by atoms with E-state index in [2.05, 4.69) is 5.32 Å². The first-order valence-corrected chi connectivity index (χ1v) is 5.85. The first-order chi connectivity index (χ1) is 9.70. The quantitative estimate of drug-likeness (QED) is 0.636. The molecule has 0 aromatic carbocycles. The minimum atomic E-state index is -0.961. The molecule has 2 N–H and O–H groups in total. The van der Waals surface area contributed by atoms with Crippen LogP contribution in [0.2, 0.25) is 0 Å². The Morgan fingerprint density at radius 1 is 1.40 bits per heavy atom. The summed E-state index contributed by atoms with van der Waals surface area (Å²) in [6.45, 7) is -0.0521. The van der Waals surface area contributed by atoms with E-state index >= 15 is 0 Å². The van der Waals surface area contributed by atoms with E-state index in [0.29, 0.717) is 11.5 Å². The van der Waals surface area contributed by atoms with Gasteiger partial charge in [0, 0.05) is 6.08 Å². The van der Waals surface area contributed by atoms with Gasteiger partial charge in [-0.2, -0.15) is 5.26 Å². The number of carbonyl (C=O) groups is 1. The second-order valence-electron chi connectivity index (χ2n) is 3.93. The van der Waals surface area contributed by atoms with E-state index in [1.165, 1.54) is 18.6 Å². The molecule has 0 radical (unpaired) electrons. The minimum absolute atomic E-state index is 0.0521. The van der Waals surface area contributed by atoms with Gasteiger partial charge in [-0.05, 0) is 24.3 Å². The zero-order chi connectivity index (χ0) is 14.4. The normalized spacial score (nSPS) is 12.7. The molecule has 0 aliphatic heterocycles. The zero-order valence-corrected chi connectivity index (χ0v) is 10.4. The van der Waals surface area contributed by atoms with Crippen LogP contribution in [-0.4, -0.2) is 17.6 Å². The maximum absolute atomic E-state index is 11.8. The summed E-state index contributed by atoms with van der Waals surface area (Å²) in [5, 5.41) is 21.1. The summed E-state index contributed by atoms with van der Waals surface area (Å²) in [7, 11) is 0. The van der Waals surface area contributed by atoms with Crippen LogP contribution >= 0.6 is 0 Å². The number of hydrogen-bond acceptors (Lipinski definition) is 5. The highest BCUT2D eigenvalue weighted by molar-refractivity contribution is 6.01. The van der Waals surface area contributed by atoms with Gasteiger partial charge < -0.3 is 19.3 Å². The summed E-state index contributed by atoms with van der Waals surface area (Å²) >= 11 is 0. The lowest BCUT2D eigenvalue weighted by Gasteiger charge is -2.08. The number of aliphatic hydroxyl groups excluding tert-OH is 1. The van der Waals surface area contributed by atoms with Crippen LogP contribution in [0.5, 0.6) is 0 Å². The molecule has 2 rings (SSSR count). The Bertz CT molecular complexity index is 621. The molecule has 6 heteroatoms. The van der Waals surface area contributed by atoms with Crippen molar-refractivity contribution >= 4 is 12.0 Å². The molecule has 2 heterocycles. The summed E-state index contributed by atoms with van der Waals surface area (Å²) in [4.78, 5) is 11.8. The van der Waals surface area contributed by atoms with Gasteiger partial charge >= 0.3 is 0 Å². The second-order valence-corrected chi connectivity index (χ2v) is 3.93. The van der Waals surface area contributed by atoms with Crippen LogP contribution in [0.3, 0.4) is 0 Å². The average molecular weight is 272 g/mol. The highest BCUT2D eigenvalue weighted by atomic mass is 16.4. The van der Waals surface area contributed by atoms with E-state index in [9.17, 15) is 9.90 Å². The molecule has 6 nitrogen and oxygen atoms in total. The van der Waals surface area contributed by atoms with Gasteiger partial charge in [-0.1, -0.05) is 0 Å². The molecule has 0 aliphatic rings. The van der Waals surface area contributed by atoms with Crippen molar-refractivity contribution in [2.45, 2.75) is 6.10 Å². The number of rotatable bonds is 5. The third kappa shape index (κ3) is 3.37. The Balaban J connectivity index is 1.95. The van der Waals surface area contributed by atoms with E-state index in [4.69, 9.17) is 14.1 Å². The summed E-state index contributed by atoms with van der Waals surface area (Å²) in [5.41, 5.74) is -0.105. The van der Waals surface area contributed by atoms with Crippen molar-refractivity contribution in [2.75, 3.05) is 6.54 Å². The Morgan fingerprint density at radius 3 is 2.75 bits per heavy atom. The fourth-order valence-electron chi connectivity index (χ4n) is 1.53. The topological polar surface area (TPSA) is 99.4 Å². The van der Waals surface area contributed by atoms with Crippen molar-refractivity contribution in [3.63, 3.8) is 0 Å². The van der Waals surface area contributed by atoms with Gasteiger partial charge in [0.05, 0.1) is 19.1 Å². The monoisotopic (exact) mass is 272 g/mol. The summed E-state index contributed by atoms with van der Waals surface area (Å²) < 4.78 is 10.0. The van der Waals surface area contributed by atoms with Crippen molar-refractivity contribution in [3.8, 4) is 6.07 Å². The highest BCUT2D eigenvalue weighted by Gasteiger charge is 2.14. The average Bonchev–Trinajstić information content (AvgIpc) is 3.14. The second kappa shape index (κ2) is 6.41. The molecule has 102 valence electrons. The summed E-state index contributed by atoms with van der Waals surface area (Å²) in [5.74, 6) is 0.164. The van der Waals surface area contributed by atoms with E-state index in [1.807, 2.05) is 0 Å². The van der Waals surface area contributed by atoms with E-state index in [0.717, 1.165) is 0 Å². The molecular weight excluding hydrogens is 260 g/mol. The van der Waals surface area contributed by atoms with Crippen molar-refractivity contribution < 1.29 is 18.7 Å². The van der Waals surface area contributed by atoms with Gasteiger partial charge in [0.1, 0.15) is 29.3 Å². The maximum Gasteiger partial charge on any atom is 0.262 e. The Kier molecular flexibility index (Phi) is 4.37. The van der Waals surface area contributed by atoms with Crippen molar-refractivity contribution in [1.82, 2.24) is 5.32 Å². The molecule has 2 aromatic rings. The van der Waals surface area contributed by atoms with E-state index < -0.39 is 12.0 Å². The van der Waals surface area contributed by atoms with Crippen LogP contribution in [0, 0.1) is 11.3 Å². The molecule has 1 unspecified atom stereocenters. The fourth-order valence-corrected chi connectivity index (χ4v) is 1.53. The Morgan fingerprint density at radius 2 is 2.15 bits per heavy atom. The third-order valence-electron chi connectivity index (χ3n) is 2.52. The number of nitrogens with zero attached hydrogens (tertiary/aromatic N) is 1. The first kappa shape index (κ1) is 13.6. The number of aliphatic hydroxyl groups is 1.